The second-order valence-corrected chi connectivity index (χ2v) is 5.63. The number of nitrogens with one attached hydrogen (secondary N) is 2. The Morgan fingerprint density at radius 1 is 0.880 bits per heavy atom. The molecule has 0 fully saturated rings. The van der Waals surface area contributed by atoms with Gasteiger partial charge in [-0.3, -0.25) is 0 Å². The third-order valence-electron chi connectivity index (χ3n) is 3.65. The summed E-state index contributed by atoms with van der Waals surface area (Å²) in [5.74, 6) is 5.37. The Balaban J connectivity index is 2.08. The second kappa shape index (κ2) is 7.79. The molecule has 126 valence electrons. The molecule has 0 amide bonds. The van der Waals surface area contributed by atoms with Gasteiger partial charge in [0.05, 0.1) is 5.69 Å². The van der Waals surface area contributed by atoms with Gasteiger partial charge in [-0.15, -0.1) is 5.10 Å². The number of rotatable bonds is 4. The van der Waals surface area contributed by atoms with E-state index in [-0.39, 0.29) is 5.82 Å². The zero-order chi connectivity index (χ0) is 17.6. The van der Waals surface area contributed by atoms with Gasteiger partial charge in [0.15, 0.2) is 5.84 Å². The van der Waals surface area contributed by atoms with Crippen molar-refractivity contribution in [3.8, 4) is 11.1 Å². The molecule has 0 aliphatic carbocycles. The number of nitrogens with zero attached hydrogens (tertiary/aromatic N) is 1. The quantitative estimate of drug-likeness (QED) is 0.282. The predicted molar refractivity (Wildman–Crippen MR) is 101 cm³/mol. The van der Waals surface area contributed by atoms with E-state index in [0.717, 1.165) is 16.7 Å². The van der Waals surface area contributed by atoms with Gasteiger partial charge in [0, 0.05) is 16.1 Å². The summed E-state index contributed by atoms with van der Waals surface area (Å²) < 4.78 is 14.0. The summed E-state index contributed by atoms with van der Waals surface area (Å²) in [6.45, 7) is 0. The predicted octanol–water partition coefficient (Wildman–Crippen LogP) is 4.38. The van der Waals surface area contributed by atoms with E-state index < -0.39 is 0 Å². The third-order valence-corrected chi connectivity index (χ3v) is 3.98. The van der Waals surface area contributed by atoms with Crippen molar-refractivity contribution in [2.75, 3.05) is 5.32 Å². The zero-order valence-electron chi connectivity index (χ0n) is 13.2. The van der Waals surface area contributed by atoms with Crippen LogP contribution in [0.5, 0.6) is 0 Å². The van der Waals surface area contributed by atoms with E-state index in [2.05, 4.69) is 16.0 Å². The highest BCUT2D eigenvalue weighted by Crippen LogP contribution is 2.31. The largest absolute Gasteiger partial charge is 0.336 e. The number of hydrogen-bond donors (Lipinski definition) is 3. The van der Waals surface area contributed by atoms with Gasteiger partial charge < -0.3 is 5.32 Å². The maximum atomic E-state index is 14.0. The number of hydrazine groups is 1. The van der Waals surface area contributed by atoms with Crippen LogP contribution < -0.4 is 16.7 Å². The number of para-hydroxylation sites is 1. The molecule has 3 aromatic rings. The lowest BCUT2D eigenvalue weighted by molar-refractivity contribution is 0.632. The van der Waals surface area contributed by atoms with Crippen molar-refractivity contribution < 1.29 is 4.39 Å². The molecule has 0 aliphatic heterocycles. The Morgan fingerprint density at radius 3 is 2.24 bits per heavy atom. The summed E-state index contributed by atoms with van der Waals surface area (Å²) in [5.41, 5.74) is 5.00. The van der Waals surface area contributed by atoms with Crippen molar-refractivity contribution in [2.24, 2.45) is 10.9 Å². The zero-order valence-corrected chi connectivity index (χ0v) is 14.0. The minimum absolute atomic E-state index is 0.297. The molecule has 0 saturated carbocycles. The highest BCUT2D eigenvalue weighted by atomic mass is 35.5. The molecule has 0 aliphatic rings. The highest BCUT2D eigenvalue weighted by molar-refractivity contribution is 6.33. The lowest BCUT2D eigenvalue weighted by atomic mass is 9.98. The minimum atomic E-state index is -0.387. The molecule has 0 aromatic heterocycles. The monoisotopic (exact) mass is 354 g/mol. The number of hydrazone groups is 1. The van der Waals surface area contributed by atoms with E-state index in [1.54, 1.807) is 18.2 Å². The number of nitrogens with two attached hydrogens (primary N) is 1. The molecular weight excluding hydrogens is 339 g/mol. The topological polar surface area (TPSA) is 62.4 Å². The van der Waals surface area contributed by atoms with E-state index in [1.165, 1.54) is 6.07 Å². The molecule has 3 aromatic carbocycles. The third kappa shape index (κ3) is 3.79. The van der Waals surface area contributed by atoms with Crippen LogP contribution in [0.2, 0.25) is 5.02 Å². The van der Waals surface area contributed by atoms with Gasteiger partial charge in [0.1, 0.15) is 5.82 Å². The van der Waals surface area contributed by atoms with Crippen LogP contribution in [0.1, 0.15) is 5.56 Å². The molecule has 25 heavy (non-hydrogen) atoms. The Kier molecular flexibility index (Phi) is 5.28. The fourth-order valence-corrected chi connectivity index (χ4v) is 2.75. The standard InChI is InChI=1S/C19H16ClFN4/c20-16-10-4-3-8-14(16)13-7-1-2-9-15(13)19(24-25-22)23-18-12-6-5-11-17(18)21/h1-12,25H,22H2,(H,23,24). The van der Waals surface area contributed by atoms with Gasteiger partial charge in [0.2, 0.25) is 0 Å². The molecule has 0 bridgehead atoms. The van der Waals surface area contributed by atoms with Crippen LogP contribution in [0.3, 0.4) is 0 Å². The lowest BCUT2D eigenvalue weighted by Crippen LogP contribution is -2.23. The molecule has 3 rings (SSSR count). The van der Waals surface area contributed by atoms with E-state index in [1.807, 2.05) is 48.5 Å². The lowest BCUT2D eigenvalue weighted by Gasteiger charge is -2.15. The van der Waals surface area contributed by atoms with Crippen LogP contribution in [0.15, 0.2) is 77.9 Å². The number of amidine groups is 1. The molecule has 0 atom stereocenters. The molecule has 4 nitrogen and oxygen atoms in total. The first-order valence-electron chi connectivity index (χ1n) is 7.60. The molecule has 0 radical (unpaired) electrons. The van der Waals surface area contributed by atoms with Gasteiger partial charge >= 0.3 is 0 Å². The number of anilines is 1. The average Bonchev–Trinajstić information content (AvgIpc) is 2.64. The fraction of sp³-hybridized carbons (Fsp3) is 0. The van der Waals surface area contributed by atoms with Crippen molar-refractivity contribution in [2.45, 2.75) is 0 Å². The summed E-state index contributed by atoms with van der Waals surface area (Å²) in [5, 5.41) is 7.67. The molecular formula is C19H16ClFN4. The SMILES string of the molecule is NN/N=C(\Nc1ccccc1F)c1ccccc1-c1ccccc1Cl. The summed E-state index contributed by atoms with van der Waals surface area (Å²) in [6.07, 6.45) is 0. The molecule has 0 saturated heterocycles. The number of benzene rings is 3. The number of halogens is 2. The summed E-state index contributed by atoms with van der Waals surface area (Å²) in [7, 11) is 0. The molecule has 4 N–H and O–H groups in total. The van der Waals surface area contributed by atoms with Crippen LogP contribution in [-0.4, -0.2) is 5.84 Å². The summed E-state index contributed by atoms with van der Waals surface area (Å²) in [4.78, 5) is 0. The van der Waals surface area contributed by atoms with Crippen molar-refractivity contribution in [1.82, 2.24) is 5.53 Å². The Hall–Kier alpha value is -2.89. The van der Waals surface area contributed by atoms with Crippen molar-refractivity contribution in [1.29, 1.82) is 0 Å². The van der Waals surface area contributed by atoms with E-state index >= 15 is 0 Å². The van der Waals surface area contributed by atoms with Gasteiger partial charge in [-0.05, 0) is 23.8 Å². The van der Waals surface area contributed by atoms with Crippen molar-refractivity contribution >= 4 is 23.1 Å². The minimum Gasteiger partial charge on any atom is -0.336 e. The van der Waals surface area contributed by atoms with Gasteiger partial charge in [-0.2, -0.15) is 0 Å². The summed E-state index contributed by atoms with van der Waals surface area (Å²) in [6, 6.07) is 21.4. The van der Waals surface area contributed by atoms with Gasteiger partial charge in [-0.1, -0.05) is 66.2 Å². The van der Waals surface area contributed by atoms with Crippen LogP contribution in [0, 0.1) is 5.82 Å². The molecule has 0 unspecified atom stereocenters. The first-order chi connectivity index (χ1) is 12.2. The van der Waals surface area contributed by atoms with E-state index in [4.69, 9.17) is 17.4 Å². The highest BCUT2D eigenvalue weighted by Gasteiger charge is 2.14. The maximum Gasteiger partial charge on any atom is 0.159 e. The first-order valence-corrected chi connectivity index (χ1v) is 7.97. The Bertz CT molecular complexity index is 911. The van der Waals surface area contributed by atoms with E-state index in [9.17, 15) is 4.39 Å². The molecule has 6 heteroatoms. The van der Waals surface area contributed by atoms with Crippen LogP contribution >= 0.6 is 11.6 Å². The molecule has 0 spiro atoms. The normalized spacial score (nSPS) is 11.2. The molecule has 0 heterocycles. The average molecular weight is 355 g/mol. The van der Waals surface area contributed by atoms with Crippen molar-refractivity contribution in [3.63, 3.8) is 0 Å². The first kappa shape index (κ1) is 17.0. The smallest absolute Gasteiger partial charge is 0.159 e. The van der Waals surface area contributed by atoms with Crippen molar-refractivity contribution in [3.05, 3.63) is 89.2 Å². The summed E-state index contributed by atoms with van der Waals surface area (Å²) >= 11 is 6.34. The van der Waals surface area contributed by atoms with Gasteiger partial charge in [0.25, 0.3) is 0 Å². The van der Waals surface area contributed by atoms with E-state index in [0.29, 0.717) is 16.5 Å². The van der Waals surface area contributed by atoms with Gasteiger partial charge in [-0.25, -0.2) is 15.8 Å². The fourth-order valence-electron chi connectivity index (χ4n) is 2.51. The Morgan fingerprint density at radius 2 is 1.52 bits per heavy atom. The van der Waals surface area contributed by atoms with Crippen LogP contribution in [-0.2, 0) is 0 Å². The van der Waals surface area contributed by atoms with Crippen LogP contribution in [0.25, 0.3) is 11.1 Å². The van der Waals surface area contributed by atoms with Crippen LogP contribution in [0.4, 0.5) is 10.1 Å². The second-order valence-electron chi connectivity index (χ2n) is 5.22. The maximum absolute atomic E-state index is 14.0. The Labute approximate surface area is 150 Å². The number of hydrogen-bond acceptors (Lipinski definition) is 3.